The average Bonchev–Trinajstić information content (AvgIpc) is 2.13. The van der Waals surface area contributed by atoms with E-state index in [0.717, 1.165) is 12.1 Å². The molecule has 0 aliphatic rings. The highest BCUT2D eigenvalue weighted by molar-refractivity contribution is 7.89. The van der Waals surface area contributed by atoms with Crippen LogP contribution in [0.1, 0.15) is 0 Å². The van der Waals surface area contributed by atoms with Crippen LogP contribution in [0.2, 0.25) is 0 Å². The van der Waals surface area contributed by atoms with Crippen LogP contribution in [0.4, 0.5) is 18.9 Å². The number of rotatable bonds is 3. The molecule has 0 saturated carbocycles. The lowest BCUT2D eigenvalue weighted by Gasteiger charge is -2.12. The summed E-state index contributed by atoms with van der Waals surface area (Å²) in [6.07, 6.45) is -4.54. The molecule has 17 heavy (non-hydrogen) atoms. The molecule has 0 bridgehead atoms. The minimum Gasteiger partial charge on any atom is -0.482 e. The molecule has 0 amide bonds. The topological polar surface area (TPSA) is 95.4 Å². The van der Waals surface area contributed by atoms with Crippen LogP contribution in [-0.2, 0) is 10.0 Å². The van der Waals surface area contributed by atoms with E-state index in [0.29, 0.717) is 0 Å². The number of benzene rings is 1. The van der Waals surface area contributed by atoms with Gasteiger partial charge in [-0.2, -0.15) is 13.2 Å². The van der Waals surface area contributed by atoms with Gasteiger partial charge < -0.3 is 10.5 Å². The zero-order chi connectivity index (χ0) is 13.3. The standard InChI is InChI=1S/C8H9F3N2O3S/c9-8(10,11)4-16-5-2-1-3-6(7(5)12)17(13,14)15/h1-3H,4,12H2,(H2,13,14,15). The van der Waals surface area contributed by atoms with Crippen LogP contribution in [-0.4, -0.2) is 21.2 Å². The van der Waals surface area contributed by atoms with Crippen LogP contribution in [0.15, 0.2) is 23.1 Å². The summed E-state index contributed by atoms with van der Waals surface area (Å²) in [4.78, 5) is -0.475. The third-order valence-corrected chi connectivity index (χ3v) is 2.69. The van der Waals surface area contributed by atoms with Gasteiger partial charge in [-0.1, -0.05) is 6.07 Å². The maximum atomic E-state index is 11.9. The fourth-order valence-corrected chi connectivity index (χ4v) is 1.73. The van der Waals surface area contributed by atoms with Crippen molar-refractivity contribution in [3.8, 4) is 5.75 Å². The van der Waals surface area contributed by atoms with E-state index in [1.807, 2.05) is 0 Å². The molecule has 0 fully saturated rings. The molecule has 5 nitrogen and oxygen atoms in total. The summed E-state index contributed by atoms with van der Waals surface area (Å²) in [6.45, 7) is -1.56. The molecule has 0 aliphatic heterocycles. The summed E-state index contributed by atoms with van der Waals surface area (Å²) >= 11 is 0. The zero-order valence-corrected chi connectivity index (χ0v) is 9.18. The normalized spacial score (nSPS) is 12.5. The van der Waals surface area contributed by atoms with Gasteiger partial charge in [-0.3, -0.25) is 0 Å². The van der Waals surface area contributed by atoms with E-state index in [1.165, 1.54) is 6.07 Å². The molecule has 0 atom stereocenters. The number of ether oxygens (including phenoxy) is 1. The SMILES string of the molecule is Nc1c(OCC(F)(F)F)cccc1S(N)(=O)=O. The van der Waals surface area contributed by atoms with Crippen molar-refractivity contribution < 1.29 is 26.3 Å². The predicted octanol–water partition coefficient (Wildman–Crippen LogP) is 0.857. The number of alkyl halides is 3. The van der Waals surface area contributed by atoms with Crippen molar-refractivity contribution in [1.82, 2.24) is 0 Å². The number of nitrogen functional groups attached to an aromatic ring is 1. The van der Waals surface area contributed by atoms with E-state index < -0.39 is 33.4 Å². The highest BCUT2D eigenvalue weighted by Gasteiger charge is 2.29. The Bertz CT molecular complexity index is 513. The van der Waals surface area contributed by atoms with E-state index in [9.17, 15) is 21.6 Å². The number of sulfonamides is 1. The fraction of sp³-hybridized carbons (Fsp3) is 0.250. The van der Waals surface area contributed by atoms with Crippen LogP contribution in [0.5, 0.6) is 5.75 Å². The average molecular weight is 270 g/mol. The first-order valence-corrected chi connectivity index (χ1v) is 5.77. The number of primary sulfonamides is 1. The van der Waals surface area contributed by atoms with Gasteiger partial charge in [-0.05, 0) is 12.1 Å². The van der Waals surface area contributed by atoms with Crippen LogP contribution >= 0.6 is 0 Å². The van der Waals surface area contributed by atoms with Crippen molar-refractivity contribution in [3.63, 3.8) is 0 Å². The number of nitrogens with two attached hydrogens (primary N) is 2. The Morgan fingerprint density at radius 2 is 1.88 bits per heavy atom. The Labute approximate surface area is 95.2 Å². The summed E-state index contributed by atoms with van der Waals surface area (Å²) in [6, 6.07) is 3.38. The summed E-state index contributed by atoms with van der Waals surface area (Å²) in [5.41, 5.74) is 4.90. The molecule has 0 saturated heterocycles. The first-order chi connectivity index (χ1) is 7.61. The van der Waals surface area contributed by atoms with Crippen LogP contribution in [0, 0.1) is 0 Å². The molecular formula is C8H9F3N2O3S. The highest BCUT2D eigenvalue weighted by Crippen LogP contribution is 2.29. The molecule has 0 unspecified atom stereocenters. The fourth-order valence-electron chi connectivity index (χ4n) is 1.06. The molecular weight excluding hydrogens is 261 g/mol. The number of anilines is 1. The third-order valence-electron chi connectivity index (χ3n) is 1.72. The van der Waals surface area contributed by atoms with Crippen LogP contribution in [0.3, 0.4) is 0 Å². The van der Waals surface area contributed by atoms with Gasteiger partial charge in [0.05, 0.1) is 5.69 Å². The van der Waals surface area contributed by atoms with E-state index in [4.69, 9.17) is 10.9 Å². The van der Waals surface area contributed by atoms with Crippen LogP contribution < -0.4 is 15.6 Å². The molecule has 0 spiro atoms. The Morgan fingerprint density at radius 1 is 1.29 bits per heavy atom. The number of halogens is 3. The molecule has 96 valence electrons. The van der Waals surface area contributed by atoms with Crippen molar-refractivity contribution in [3.05, 3.63) is 18.2 Å². The first-order valence-electron chi connectivity index (χ1n) is 4.22. The molecule has 1 rings (SSSR count). The molecule has 0 heterocycles. The van der Waals surface area contributed by atoms with Crippen LogP contribution in [0.25, 0.3) is 0 Å². The lowest BCUT2D eigenvalue weighted by atomic mass is 10.3. The molecule has 1 aromatic carbocycles. The first kappa shape index (κ1) is 13.6. The molecule has 0 aromatic heterocycles. The summed E-state index contributed by atoms with van der Waals surface area (Å²) in [5.74, 6) is -0.381. The van der Waals surface area contributed by atoms with E-state index in [-0.39, 0.29) is 5.75 Å². The summed E-state index contributed by atoms with van der Waals surface area (Å²) in [5, 5.41) is 4.82. The van der Waals surface area contributed by atoms with Crippen molar-refractivity contribution in [2.75, 3.05) is 12.3 Å². The van der Waals surface area contributed by atoms with Crippen molar-refractivity contribution in [2.45, 2.75) is 11.1 Å². The quantitative estimate of drug-likeness (QED) is 0.796. The van der Waals surface area contributed by atoms with Gasteiger partial charge in [0.15, 0.2) is 6.61 Å². The van der Waals surface area contributed by atoms with E-state index in [1.54, 1.807) is 0 Å². The van der Waals surface area contributed by atoms with Crippen molar-refractivity contribution in [2.24, 2.45) is 5.14 Å². The van der Waals surface area contributed by atoms with E-state index in [2.05, 4.69) is 4.74 Å². The minimum absolute atomic E-state index is 0.381. The Balaban J connectivity index is 3.04. The lowest BCUT2D eigenvalue weighted by Crippen LogP contribution is -2.20. The summed E-state index contributed by atoms with van der Waals surface area (Å²) in [7, 11) is -4.10. The van der Waals surface area contributed by atoms with Gasteiger partial charge in [0.1, 0.15) is 10.6 Å². The second kappa shape index (κ2) is 4.41. The second-order valence-electron chi connectivity index (χ2n) is 3.12. The number of hydrogen-bond acceptors (Lipinski definition) is 4. The molecule has 1 aromatic rings. The van der Waals surface area contributed by atoms with E-state index >= 15 is 0 Å². The largest absolute Gasteiger partial charge is 0.482 e. The molecule has 9 heteroatoms. The van der Waals surface area contributed by atoms with Crippen molar-refractivity contribution in [1.29, 1.82) is 0 Å². The monoisotopic (exact) mass is 270 g/mol. The van der Waals surface area contributed by atoms with Gasteiger partial charge in [-0.25, -0.2) is 13.6 Å². The molecule has 4 N–H and O–H groups in total. The maximum Gasteiger partial charge on any atom is 0.422 e. The number of para-hydroxylation sites is 1. The lowest BCUT2D eigenvalue weighted by molar-refractivity contribution is -0.153. The van der Waals surface area contributed by atoms with Gasteiger partial charge in [0.2, 0.25) is 10.0 Å². The van der Waals surface area contributed by atoms with Crippen molar-refractivity contribution >= 4 is 15.7 Å². The van der Waals surface area contributed by atoms with Gasteiger partial charge in [-0.15, -0.1) is 0 Å². The zero-order valence-electron chi connectivity index (χ0n) is 8.36. The van der Waals surface area contributed by atoms with Gasteiger partial charge in [0.25, 0.3) is 0 Å². The minimum atomic E-state index is -4.54. The molecule has 0 aliphatic carbocycles. The van der Waals surface area contributed by atoms with Gasteiger partial charge >= 0.3 is 6.18 Å². The Kier molecular flexibility index (Phi) is 3.53. The number of hydrogen-bond donors (Lipinski definition) is 2. The maximum absolute atomic E-state index is 11.9. The Hall–Kier alpha value is -1.48. The third kappa shape index (κ3) is 3.79. The molecule has 0 radical (unpaired) electrons. The Morgan fingerprint density at radius 3 is 2.35 bits per heavy atom. The smallest absolute Gasteiger partial charge is 0.422 e. The van der Waals surface area contributed by atoms with Gasteiger partial charge in [0, 0.05) is 0 Å². The highest BCUT2D eigenvalue weighted by atomic mass is 32.2. The predicted molar refractivity (Wildman–Crippen MR) is 53.8 cm³/mol. The second-order valence-corrected chi connectivity index (χ2v) is 4.65. The summed E-state index contributed by atoms with van der Waals surface area (Å²) < 4.78 is 62.1.